The number of likely N-dealkylation sites (tertiary alicyclic amines) is 1. The molecule has 92 valence electrons. The molecule has 0 bridgehead atoms. The molecule has 2 rings (SSSR count). The first-order chi connectivity index (χ1) is 8.13. The zero-order chi connectivity index (χ0) is 12.4. The predicted octanol–water partition coefficient (Wildman–Crippen LogP) is 3.00. The summed E-state index contributed by atoms with van der Waals surface area (Å²) in [6.07, 6.45) is 2.10. The molecule has 0 spiro atoms. The summed E-state index contributed by atoms with van der Waals surface area (Å²) in [5.41, 5.74) is 0.566. The van der Waals surface area contributed by atoms with Crippen LogP contribution < -0.4 is 0 Å². The molecule has 1 saturated heterocycles. The smallest absolute Gasteiger partial charge is 0.254 e. The van der Waals surface area contributed by atoms with Gasteiger partial charge < -0.3 is 10.0 Å². The maximum Gasteiger partial charge on any atom is 0.254 e. The van der Waals surface area contributed by atoms with Crippen LogP contribution in [0, 0.1) is 3.57 Å². The van der Waals surface area contributed by atoms with E-state index >= 15 is 0 Å². The zero-order valence-corrected chi connectivity index (χ0v) is 12.9. The summed E-state index contributed by atoms with van der Waals surface area (Å²) in [4.78, 5) is 14.2. The minimum Gasteiger partial charge on any atom is -0.507 e. The molecule has 0 aliphatic carbocycles. The average Bonchev–Trinajstić information content (AvgIpc) is 2.80. The van der Waals surface area contributed by atoms with Crippen LogP contribution in [0.2, 0.25) is 0 Å². The van der Waals surface area contributed by atoms with Crippen molar-refractivity contribution in [3.63, 3.8) is 0 Å². The van der Waals surface area contributed by atoms with Crippen LogP contribution in [0.1, 0.15) is 23.2 Å². The highest BCUT2D eigenvalue weighted by Gasteiger charge is 2.28. The van der Waals surface area contributed by atoms with Gasteiger partial charge in [-0.25, -0.2) is 0 Å². The average molecular weight is 410 g/mol. The minimum absolute atomic E-state index is 0.0126. The number of amides is 1. The number of phenolic OH excluding ortho intramolecular Hbond substituents is 1. The number of nitrogens with zero attached hydrogens (tertiary/aromatic N) is 1. The van der Waals surface area contributed by atoms with Gasteiger partial charge in [-0.05, 0) is 53.6 Å². The van der Waals surface area contributed by atoms with Crippen molar-refractivity contribution in [2.24, 2.45) is 0 Å². The molecule has 1 amide bonds. The lowest BCUT2D eigenvalue weighted by atomic mass is 10.1. The summed E-state index contributed by atoms with van der Waals surface area (Å²) in [5, 5.41) is 10.4. The van der Waals surface area contributed by atoms with Gasteiger partial charge in [-0.15, -0.1) is 0 Å². The number of alkyl halides is 1. The highest BCUT2D eigenvalue weighted by molar-refractivity contribution is 14.1. The number of benzene rings is 1. The van der Waals surface area contributed by atoms with E-state index in [1.54, 1.807) is 18.2 Å². The Kier molecular flexibility index (Phi) is 4.30. The van der Waals surface area contributed by atoms with E-state index in [9.17, 15) is 9.90 Å². The topological polar surface area (TPSA) is 40.5 Å². The molecule has 17 heavy (non-hydrogen) atoms. The van der Waals surface area contributed by atoms with E-state index in [1.165, 1.54) is 0 Å². The summed E-state index contributed by atoms with van der Waals surface area (Å²) in [6.45, 7) is 0.807. The van der Waals surface area contributed by atoms with Gasteiger partial charge in [0.15, 0.2) is 0 Å². The Morgan fingerprint density at radius 2 is 2.35 bits per heavy atom. The van der Waals surface area contributed by atoms with Crippen LogP contribution in [0.4, 0.5) is 0 Å². The molecular weight excluding hydrogens is 397 g/mol. The largest absolute Gasteiger partial charge is 0.507 e. The van der Waals surface area contributed by atoms with Crippen molar-refractivity contribution in [1.29, 1.82) is 0 Å². The van der Waals surface area contributed by atoms with Crippen molar-refractivity contribution in [1.82, 2.24) is 4.90 Å². The third-order valence-corrected chi connectivity index (χ3v) is 4.67. The molecule has 1 heterocycles. The van der Waals surface area contributed by atoms with Gasteiger partial charge in [0.2, 0.25) is 0 Å². The van der Waals surface area contributed by atoms with Gasteiger partial charge in [0.1, 0.15) is 5.75 Å². The van der Waals surface area contributed by atoms with Crippen LogP contribution in [0.25, 0.3) is 0 Å². The van der Waals surface area contributed by atoms with E-state index in [0.717, 1.165) is 28.3 Å². The lowest BCUT2D eigenvalue weighted by molar-refractivity contribution is 0.0750. The van der Waals surface area contributed by atoms with Gasteiger partial charge in [0.05, 0.1) is 3.57 Å². The molecule has 1 unspecified atom stereocenters. The Hall–Kier alpha value is -0.300. The molecule has 1 aliphatic heterocycles. The molecule has 0 aromatic heterocycles. The van der Waals surface area contributed by atoms with E-state index < -0.39 is 0 Å². The molecule has 0 saturated carbocycles. The Morgan fingerprint density at radius 3 is 3.00 bits per heavy atom. The van der Waals surface area contributed by atoms with Gasteiger partial charge >= 0.3 is 0 Å². The van der Waals surface area contributed by atoms with E-state index in [0.29, 0.717) is 5.56 Å². The monoisotopic (exact) mass is 409 g/mol. The molecule has 5 heteroatoms. The van der Waals surface area contributed by atoms with Crippen molar-refractivity contribution in [2.75, 3.05) is 11.9 Å². The fraction of sp³-hybridized carbons (Fsp3) is 0.417. The first-order valence-electron chi connectivity index (χ1n) is 5.49. The zero-order valence-electron chi connectivity index (χ0n) is 9.20. The number of hydrogen-bond donors (Lipinski definition) is 1. The Balaban J connectivity index is 2.21. The lowest BCUT2D eigenvalue weighted by Crippen LogP contribution is -2.36. The first-order valence-corrected chi connectivity index (χ1v) is 7.69. The highest BCUT2D eigenvalue weighted by Crippen LogP contribution is 2.25. The molecule has 1 aromatic rings. The molecule has 3 nitrogen and oxygen atoms in total. The fourth-order valence-electron chi connectivity index (χ4n) is 2.08. The molecule has 1 fully saturated rings. The maximum absolute atomic E-state index is 12.3. The molecule has 0 radical (unpaired) electrons. The van der Waals surface area contributed by atoms with Gasteiger partial charge in [0.25, 0.3) is 5.91 Å². The van der Waals surface area contributed by atoms with E-state index in [4.69, 9.17) is 0 Å². The van der Waals surface area contributed by atoms with Gasteiger partial charge in [0, 0.05) is 23.5 Å². The number of carbonyl (C=O) groups is 1. The van der Waals surface area contributed by atoms with Gasteiger partial charge in [-0.2, -0.15) is 0 Å². The Labute approximate surface area is 122 Å². The number of rotatable bonds is 2. The summed E-state index contributed by atoms with van der Waals surface area (Å²) in [5.74, 6) is 0.185. The number of aromatic hydroxyl groups is 1. The summed E-state index contributed by atoms with van der Waals surface area (Å²) < 4.78 is 0.762. The number of halogens is 2. The first kappa shape index (κ1) is 13.1. The van der Waals surface area contributed by atoms with E-state index in [1.807, 2.05) is 27.5 Å². The SMILES string of the molecule is O=C(c1ccc(I)c(O)c1)N1CCCC1CBr. The molecule has 1 N–H and O–H groups in total. The predicted molar refractivity (Wildman–Crippen MR) is 78.7 cm³/mol. The standard InChI is InChI=1S/C12H13BrINO2/c13-7-9-2-1-5-15(9)12(17)8-3-4-10(14)11(16)6-8/h3-4,6,9,16H,1-2,5,7H2. The van der Waals surface area contributed by atoms with Crippen LogP contribution in [0.5, 0.6) is 5.75 Å². The van der Waals surface area contributed by atoms with Crippen LogP contribution in [-0.2, 0) is 0 Å². The number of phenols is 1. The highest BCUT2D eigenvalue weighted by atomic mass is 127. The molecule has 1 aliphatic rings. The fourth-order valence-corrected chi connectivity index (χ4v) is 3.08. The number of hydrogen-bond acceptors (Lipinski definition) is 2. The van der Waals surface area contributed by atoms with Crippen molar-refractivity contribution < 1.29 is 9.90 Å². The van der Waals surface area contributed by atoms with Crippen molar-refractivity contribution >= 4 is 44.4 Å². The normalized spacial score (nSPS) is 19.6. The summed E-state index contributed by atoms with van der Waals surface area (Å²) >= 11 is 5.48. The Bertz CT molecular complexity index is 439. The third kappa shape index (κ3) is 2.76. The minimum atomic E-state index is 0.0126. The second-order valence-electron chi connectivity index (χ2n) is 4.12. The lowest BCUT2D eigenvalue weighted by Gasteiger charge is -2.23. The van der Waals surface area contributed by atoms with Crippen LogP contribution >= 0.6 is 38.5 Å². The quantitative estimate of drug-likeness (QED) is 0.602. The second kappa shape index (κ2) is 5.56. The van der Waals surface area contributed by atoms with Crippen molar-refractivity contribution in [3.8, 4) is 5.75 Å². The summed E-state index contributed by atoms with van der Waals surface area (Å²) in [7, 11) is 0. The number of carbonyl (C=O) groups excluding carboxylic acids is 1. The van der Waals surface area contributed by atoms with Crippen molar-refractivity contribution in [2.45, 2.75) is 18.9 Å². The van der Waals surface area contributed by atoms with Gasteiger partial charge in [-0.1, -0.05) is 15.9 Å². The Morgan fingerprint density at radius 1 is 1.59 bits per heavy atom. The van der Waals surface area contributed by atoms with E-state index in [2.05, 4.69) is 15.9 Å². The maximum atomic E-state index is 12.3. The van der Waals surface area contributed by atoms with Crippen LogP contribution in [0.15, 0.2) is 18.2 Å². The molecule has 1 atom stereocenters. The third-order valence-electron chi connectivity index (χ3n) is 3.01. The van der Waals surface area contributed by atoms with Crippen LogP contribution in [0.3, 0.4) is 0 Å². The van der Waals surface area contributed by atoms with E-state index in [-0.39, 0.29) is 17.7 Å². The van der Waals surface area contributed by atoms with Gasteiger partial charge in [-0.3, -0.25) is 4.79 Å². The van der Waals surface area contributed by atoms with Crippen LogP contribution in [-0.4, -0.2) is 33.8 Å². The van der Waals surface area contributed by atoms with Crippen molar-refractivity contribution in [3.05, 3.63) is 27.3 Å². The summed E-state index contributed by atoms with van der Waals surface area (Å²) in [6, 6.07) is 5.37. The second-order valence-corrected chi connectivity index (χ2v) is 5.92. The molecular formula is C12H13BrINO2. The molecule has 1 aromatic carbocycles.